The smallest absolute Gasteiger partial charge is 0.262 e. The molecule has 340 valence electrons. The molecule has 4 amide bonds. The monoisotopic (exact) mass is 1080 g/mol. The lowest BCUT2D eigenvalue weighted by atomic mass is 9.88. The summed E-state index contributed by atoms with van der Waals surface area (Å²) in [6, 6.07) is 17.8. The predicted octanol–water partition coefficient (Wildman–Crippen LogP) is 9.54. The van der Waals surface area contributed by atoms with Gasteiger partial charge >= 0.3 is 0 Å². The van der Waals surface area contributed by atoms with Crippen LogP contribution in [-0.4, -0.2) is 85.8 Å². The number of nitrogens with one attached hydrogen (secondary N) is 2. The van der Waals surface area contributed by atoms with Gasteiger partial charge in [0.25, 0.3) is 11.8 Å². The molecule has 6 heterocycles. The normalized spacial score (nSPS) is 21.4. The Morgan fingerprint density at radius 1 is 0.609 bits per heavy atom. The summed E-state index contributed by atoms with van der Waals surface area (Å²) >= 11 is 22.4. The van der Waals surface area contributed by atoms with Crippen LogP contribution in [0.5, 0.6) is 0 Å². The van der Waals surface area contributed by atoms with Gasteiger partial charge in [-0.3, -0.25) is 28.8 Å². The van der Waals surface area contributed by atoms with Gasteiger partial charge < -0.3 is 29.9 Å². The summed E-state index contributed by atoms with van der Waals surface area (Å²) in [5.74, 6) is -0.640. The largest absolute Gasteiger partial charge is 0.378 e. The second-order valence-corrected chi connectivity index (χ2v) is 22.1. The third kappa shape index (κ3) is 11.7. The van der Waals surface area contributed by atoms with Crippen molar-refractivity contribution in [2.45, 2.75) is 88.1 Å². The molecule has 2 atom stereocenters. The van der Waals surface area contributed by atoms with E-state index >= 15 is 0 Å². The maximum absolute atomic E-state index is 13.3. The number of ether oxygens (including phenoxy) is 2. The average molecular weight is 1080 g/mol. The van der Waals surface area contributed by atoms with Crippen LogP contribution in [0.2, 0.25) is 10.0 Å². The van der Waals surface area contributed by atoms with E-state index in [0.717, 1.165) is 57.2 Å². The molecule has 0 unspecified atom stereocenters. The van der Waals surface area contributed by atoms with Crippen molar-refractivity contribution in [3.63, 3.8) is 0 Å². The van der Waals surface area contributed by atoms with E-state index in [0.29, 0.717) is 83.2 Å². The Labute approximate surface area is 407 Å². The van der Waals surface area contributed by atoms with Gasteiger partial charge in [0.1, 0.15) is 11.1 Å². The highest BCUT2D eigenvalue weighted by atomic mass is 79.9. The second-order valence-electron chi connectivity index (χ2n) is 16.4. The van der Waals surface area contributed by atoms with E-state index in [4.69, 9.17) is 32.7 Å². The van der Waals surface area contributed by atoms with Crippen molar-refractivity contribution >= 4 is 124 Å². The number of benzene rings is 2. The van der Waals surface area contributed by atoms with Crippen molar-refractivity contribution in [3.8, 4) is 0 Å². The number of nitrogens with zero attached hydrogens (tertiary/aromatic N) is 2. The Hall–Kier alpha value is -3.48. The van der Waals surface area contributed by atoms with Crippen molar-refractivity contribution in [1.82, 2.24) is 10.6 Å². The molecule has 4 aliphatic rings. The number of thiophene rings is 2. The molecule has 12 nitrogen and oxygen atoms in total. The van der Waals surface area contributed by atoms with E-state index in [-0.39, 0.29) is 61.3 Å². The summed E-state index contributed by atoms with van der Waals surface area (Å²) in [4.78, 5) is 81.4. The molecule has 0 radical (unpaired) electrons. The maximum atomic E-state index is 13.3. The first-order valence-corrected chi connectivity index (χ1v) is 25.3. The quantitative estimate of drug-likeness (QED) is 0.142. The fraction of sp³-hybridized carbons (Fsp3) is 0.435. The highest BCUT2D eigenvalue weighted by molar-refractivity contribution is 9.11. The van der Waals surface area contributed by atoms with Crippen LogP contribution in [0.1, 0.15) is 94.7 Å². The molecule has 0 bridgehead atoms. The third-order valence-corrected chi connectivity index (χ3v) is 15.7. The number of halogens is 4. The zero-order chi connectivity index (χ0) is 45.4. The minimum atomic E-state index is -1.06. The molecule has 8 rings (SSSR count). The van der Waals surface area contributed by atoms with E-state index in [1.807, 2.05) is 24.3 Å². The van der Waals surface area contributed by atoms with Gasteiger partial charge in [0.2, 0.25) is 11.8 Å². The number of carbonyl (C=O) groups excluding carboxylic acids is 6. The van der Waals surface area contributed by atoms with E-state index in [1.54, 1.807) is 46.2 Å². The maximum Gasteiger partial charge on any atom is 0.262 e. The minimum absolute atomic E-state index is 0.0817. The van der Waals surface area contributed by atoms with Gasteiger partial charge in [-0.2, -0.15) is 0 Å². The van der Waals surface area contributed by atoms with Crippen LogP contribution in [-0.2, 0) is 41.5 Å². The third-order valence-electron chi connectivity index (χ3n) is 11.9. The average Bonchev–Trinajstić information content (AvgIpc) is 4.08. The molecular weight excluding hydrogens is 1030 g/mol. The highest BCUT2D eigenvalue weighted by Gasteiger charge is 2.45. The van der Waals surface area contributed by atoms with E-state index in [1.165, 1.54) is 22.7 Å². The predicted molar refractivity (Wildman–Crippen MR) is 257 cm³/mol. The Kier molecular flexibility index (Phi) is 16.6. The molecule has 0 spiro atoms. The van der Waals surface area contributed by atoms with Crippen molar-refractivity contribution in [2.75, 3.05) is 49.3 Å². The molecule has 2 aromatic carbocycles. The molecule has 64 heavy (non-hydrogen) atoms. The zero-order valence-corrected chi connectivity index (χ0v) is 41.3. The number of ketones is 2. The number of amides is 4. The van der Waals surface area contributed by atoms with Gasteiger partial charge in [0.15, 0.2) is 11.6 Å². The fourth-order valence-electron chi connectivity index (χ4n) is 8.28. The standard InChI is InChI=1S/2C23H24BrClN2O4S/c2*24-20-8-7-18(32-20)22(30)26-23(9-11-31-14-23)19(28)13-15-5-6-17(16(25)12-15)27-10-3-1-2-4-21(27)29/h2*5-8,12H,1-4,9-11,13-14H2,(H,26,30)/t2*23-/m10/s1. The van der Waals surface area contributed by atoms with Gasteiger partial charge in [-0.05, 0) is 117 Å². The van der Waals surface area contributed by atoms with Crippen LogP contribution < -0.4 is 20.4 Å². The van der Waals surface area contributed by atoms with Crippen LogP contribution in [0.4, 0.5) is 11.4 Å². The van der Waals surface area contributed by atoms with Gasteiger partial charge in [0, 0.05) is 64.8 Å². The molecule has 4 aromatic rings. The summed E-state index contributed by atoms with van der Waals surface area (Å²) < 4.78 is 12.7. The van der Waals surface area contributed by atoms with Crippen molar-refractivity contribution in [2.24, 2.45) is 0 Å². The second kappa shape index (κ2) is 21.9. The molecule has 4 fully saturated rings. The molecule has 4 saturated heterocycles. The molecule has 18 heteroatoms. The van der Waals surface area contributed by atoms with Crippen molar-refractivity contribution in [1.29, 1.82) is 0 Å². The Bertz CT molecular complexity index is 2230. The highest BCUT2D eigenvalue weighted by Crippen LogP contribution is 2.34. The molecular formula is C46H48Br2Cl2N4O8S2. The van der Waals surface area contributed by atoms with E-state index < -0.39 is 11.1 Å². The lowest BCUT2D eigenvalue weighted by molar-refractivity contribution is -0.125. The summed E-state index contributed by atoms with van der Waals surface area (Å²) in [5, 5.41) is 6.75. The van der Waals surface area contributed by atoms with Crippen LogP contribution in [0.25, 0.3) is 0 Å². The number of hydrogen-bond acceptors (Lipinski definition) is 10. The topological polar surface area (TPSA) is 151 Å². The molecule has 2 aromatic heterocycles. The van der Waals surface area contributed by atoms with Gasteiger partial charge in [-0.1, -0.05) is 48.2 Å². The molecule has 2 N–H and O–H groups in total. The van der Waals surface area contributed by atoms with Crippen molar-refractivity contribution < 1.29 is 38.2 Å². The molecule has 0 saturated carbocycles. The summed E-state index contributed by atoms with van der Waals surface area (Å²) in [7, 11) is 0. The van der Waals surface area contributed by atoms with E-state index in [9.17, 15) is 28.8 Å². The van der Waals surface area contributed by atoms with Crippen LogP contribution in [0, 0.1) is 0 Å². The van der Waals surface area contributed by atoms with Gasteiger partial charge in [0.05, 0.1) is 52.0 Å². The number of Topliss-reactive ketones (excluding diaryl/α,β-unsaturated/α-hetero) is 2. The van der Waals surface area contributed by atoms with Crippen LogP contribution in [0.15, 0.2) is 68.2 Å². The SMILES string of the molecule is O=C(N[C@@]1(C(=O)Cc2ccc(N3CCCCCC3=O)c(Cl)c2)CCOC1)c1ccc(Br)s1.O=C(N[C@]1(C(=O)Cc2ccc(N3CCCCCC3=O)c(Cl)c2)CCOC1)c1ccc(Br)s1. The summed E-state index contributed by atoms with van der Waals surface area (Å²) in [5.41, 5.74) is 0.741. The summed E-state index contributed by atoms with van der Waals surface area (Å²) in [6.07, 6.45) is 7.91. The minimum Gasteiger partial charge on any atom is -0.378 e. The first-order chi connectivity index (χ1) is 30.8. The lowest BCUT2D eigenvalue weighted by Crippen LogP contribution is -2.55. The van der Waals surface area contributed by atoms with Crippen LogP contribution >= 0.6 is 77.7 Å². The molecule has 4 aliphatic heterocycles. The first-order valence-electron chi connectivity index (χ1n) is 21.3. The Balaban J connectivity index is 0.000000191. The number of carbonyl (C=O) groups is 6. The van der Waals surface area contributed by atoms with Crippen molar-refractivity contribution in [3.05, 3.63) is 99.2 Å². The first kappa shape index (κ1) is 48.5. The zero-order valence-electron chi connectivity index (χ0n) is 35.0. The van der Waals surface area contributed by atoms with Gasteiger partial charge in [-0.15, -0.1) is 22.7 Å². The number of hydrogen-bond donors (Lipinski definition) is 2. The molecule has 0 aliphatic carbocycles. The fourth-order valence-corrected chi connectivity index (χ4v) is 11.5. The number of anilines is 2. The Morgan fingerprint density at radius 2 is 1.03 bits per heavy atom. The number of rotatable bonds is 12. The summed E-state index contributed by atoms with van der Waals surface area (Å²) in [6.45, 7) is 2.44. The lowest BCUT2D eigenvalue weighted by Gasteiger charge is -2.27. The van der Waals surface area contributed by atoms with E-state index in [2.05, 4.69) is 42.5 Å². The van der Waals surface area contributed by atoms with Crippen LogP contribution in [0.3, 0.4) is 0 Å². The van der Waals surface area contributed by atoms with Gasteiger partial charge in [-0.25, -0.2) is 0 Å². The Morgan fingerprint density at radius 3 is 1.38 bits per heavy atom.